The lowest BCUT2D eigenvalue weighted by molar-refractivity contribution is 0.353. The summed E-state index contributed by atoms with van der Waals surface area (Å²) in [5.74, 6) is 0.821. The van der Waals surface area contributed by atoms with Gasteiger partial charge in [0.25, 0.3) is 0 Å². The number of ether oxygens (including phenoxy) is 2. The molecule has 0 bridgehead atoms. The van der Waals surface area contributed by atoms with Crippen molar-refractivity contribution >= 4 is 26.0 Å². The lowest BCUT2D eigenvalue weighted by Crippen LogP contribution is -2.26. The topological polar surface area (TPSA) is 64.6 Å². The molecule has 0 aliphatic carbocycles. The first kappa shape index (κ1) is 17.8. The van der Waals surface area contributed by atoms with Gasteiger partial charge in [0.05, 0.1) is 14.2 Å². The van der Waals surface area contributed by atoms with Crippen molar-refractivity contribution in [2.45, 2.75) is 11.3 Å². The second-order valence-electron chi connectivity index (χ2n) is 4.77. The van der Waals surface area contributed by atoms with Gasteiger partial charge in [-0.1, -0.05) is 30.3 Å². The summed E-state index contributed by atoms with van der Waals surface area (Å²) in [7, 11) is -0.691. The maximum Gasteiger partial charge on any atom is 0.241 e. The number of sulfonamides is 1. The van der Waals surface area contributed by atoms with Crippen LogP contribution in [0.5, 0.6) is 11.5 Å². The van der Waals surface area contributed by atoms with Gasteiger partial charge in [-0.15, -0.1) is 0 Å². The molecule has 0 heterocycles. The first-order valence-corrected chi connectivity index (χ1v) is 9.20. The van der Waals surface area contributed by atoms with Crippen molar-refractivity contribution in [1.29, 1.82) is 0 Å². The Morgan fingerprint density at radius 1 is 1.04 bits per heavy atom. The van der Waals surface area contributed by atoms with Crippen molar-refractivity contribution in [3.63, 3.8) is 0 Å². The number of halogens is 1. The minimum absolute atomic E-state index is 0.114. The van der Waals surface area contributed by atoms with Crippen molar-refractivity contribution < 1.29 is 17.9 Å². The van der Waals surface area contributed by atoms with Gasteiger partial charge < -0.3 is 9.47 Å². The van der Waals surface area contributed by atoms with Crippen LogP contribution < -0.4 is 14.2 Å². The monoisotopic (exact) mass is 399 g/mol. The van der Waals surface area contributed by atoms with Gasteiger partial charge in [0.15, 0.2) is 11.5 Å². The van der Waals surface area contributed by atoms with Gasteiger partial charge in [0.1, 0.15) is 4.90 Å². The molecule has 0 aliphatic rings. The average molecular weight is 400 g/mol. The second-order valence-corrected chi connectivity index (χ2v) is 7.36. The van der Waals surface area contributed by atoms with E-state index in [4.69, 9.17) is 9.47 Å². The molecule has 5 nitrogen and oxygen atoms in total. The van der Waals surface area contributed by atoms with Crippen LogP contribution in [-0.4, -0.2) is 29.2 Å². The zero-order valence-corrected chi connectivity index (χ0v) is 15.3. The van der Waals surface area contributed by atoms with E-state index < -0.39 is 10.0 Å². The van der Waals surface area contributed by atoms with Crippen LogP contribution in [0.15, 0.2) is 51.8 Å². The van der Waals surface area contributed by atoms with Gasteiger partial charge in [-0.3, -0.25) is 0 Å². The molecule has 0 fully saturated rings. The molecule has 1 N–H and O–H groups in total. The maximum absolute atomic E-state index is 12.5. The Morgan fingerprint density at radius 3 is 2.26 bits per heavy atom. The van der Waals surface area contributed by atoms with Crippen LogP contribution in [0.3, 0.4) is 0 Å². The summed E-state index contributed by atoms with van der Waals surface area (Å²) in [5, 5.41) is 0. The molecule has 124 valence electrons. The Labute approximate surface area is 144 Å². The first-order chi connectivity index (χ1) is 11.0. The van der Waals surface area contributed by atoms with E-state index in [-0.39, 0.29) is 4.90 Å². The van der Waals surface area contributed by atoms with Crippen molar-refractivity contribution in [1.82, 2.24) is 4.72 Å². The van der Waals surface area contributed by atoms with E-state index in [9.17, 15) is 8.42 Å². The highest BCUT2D eigenvalue weighted by atomic mass is 79.9. The van der Waals surface area contributed by atoms with E-state index >= 15 is 0 Å². The highest BCUT2D eigenvalue weighted by Crippen LogP contribution is 2.35. The molecule has 0 aliphatic heterocycles. The molecule has 2 aromatic rings. The Balaban J connectivity index is 2.16. The van der Waals surface area contributed by atoms with Crippen LogP contribution in [0.2, 0.25) is 0 Å². The average Bonchev–Trinajstić information content (AvgIpc) is 2.55. The lowest BCUT2D eigenvalue weighted by atomic mass is 10.2. The Kier molecular flexibility index (Phi) is 6.04. The lowest BCUT2D eigenvalue weighted by Gasteiger charge is -2.13. The first-order valence-electron chi connectivity index (χ1n) is 6.93. The Morgan fingerprint density at radius 2 is 1.65 bits per heavy atom. The largest absolute Gasteiger partial charge is 0.493 e. The third-order valence-corrected chi connectivity index (χ3v) is 5.70. The van der Waals surface area contributed by atoms with E-state index in [1.165, 1.54) is 20.3 Å². The smallest absolute Gasteiger partial charge is 0.241 e. The molecule has 0 saturated carbocycles. The van der Waals surface area contributed by atoms with Crippen LogP contribution in [0.4, 0.5) is 0 Å². The van der Waals surface area contributed by atoms with E-state index in [2.05, 4.69) is 20.7 Å². The fourth-order valence-electron chi connectivity index (χ4n) is 2.09. The predicted molar refractivity (Wildman–Crippen MR) is 92.6 cm³/mol. The molecule has 2 aromatic carbocycles. The molecular formula is C16H18BrNO4S. The SMILES string of the molecule is COc1cc(Br)c(S(=O)(=O)NCCc2ccccc2)cc1OC. The quantitative estimate of drug-likeness (QED) is 0.776. The van der Waals surface area contributed by atoms with E-state index in [1.807, 2.05) is 30.3 Å². The number of hydrogen-bond donors (Lipinski definition) is 1. The summed E-state index contributed by atoms with van der Waals surface area (Å²) in [6.45, 7) is 0.313. The van der Waals surface area contributed by atoms with E-state index in [0.29, 0.717) is 28.9 Å². The maximum atomic E-state index is 12.5. The molecule has 0 amide bonds. The van der Waals surface area contributed by atoms with Crippen molar-refractivity contribution in [3.05, 3.63) is 52.5 Å². The standard InChI is InChI=1S/C16H18BrNO4S/c1-21-14-10-13(17)16(11-15(14)22-2)23(19,20)18-9-8-12-6-4-3-5-7-12/h3-7,10-11,18H,8-9H2,1-2H3. The highest BCUT2D eigenvalue weighted by molar-refractivity contribution is 9.10. The number of hydrogen-bond acceptors (Lipinski definition) is 4. The predicted octanol–water partition coefficient (Wildman–Crippen LogP) is 2.99. The molecule has 0 atom stereocenters. The number of methoxy groups -OCH3 is 2. The van der Waals surface area contributed by atoms with E-state index in [1.54, 1.807) is 6.07 Å². The molecule has 23 heavy (non-hydrogen) atoms. The molecule has 2 rings (SSSR count). The fraction of sp³-hybridized carbons (Fsp3) is 0.250. The normalized spacial score (nSPS) is 11.3. The van der Waals surface area contributed by atoms with Crippen LogP contribution in [0.1, 0.15) is 5.56 Å². The summed E-state index contributed by atoms with van der Waals surface area (Å²) >= 11 is 3.27. The van der Waals surface area contributed by atoms with Crippen molar-refractivity contribution in [2.24, 2.45) is 0 Å². The second kappa shape index (κ2) is 7.81. The third kappa shape index (κ3) is 4.46. The molecule has 0 unspecified atom stereocenters. The molecule has 0 spiro atoms. The summed E-state index contributed by atoms with van der Waals surface area (Å²) in [5.41, 5.74) is 1.07. The van der Waals surface area contributed by atoms with Crippen LogP contribution in [-0.2, 0) is 16.4 Å². The van der Waals surface area contributed by atoms with Gasteiger partial charge in [0, 0.05) is 17.1 Å². The Hall–Kier alpha value is -1.57. The number of nitrogens with one attached hydrogen (secondary N) is 1. The minimum atomic E-state index is -3.65. The minimum Gasteiger partial charge on any atom is -0.493 e. The molecule has 0 saturated heterocycles. The fourth-order valence-corrected chi connectivity index (χ4v) is 4.16. The summed E-state index contributed by atoms with van der Waals surface area (Å²) in [6, 6.07) is 12.7. The van der Waals surface area contributed by atoms with Gasteiger partial charge in [-0.25, -0.2) is 13.1 Å². The summed E-state index contributed by atoms with van der Waals surface area (Å²) in [4.78, 5) is 0.114. The van der Waals surface area contributed by atoms with Crippen molar-refractivity contribution in [3.8, 4) is 11.5 Å². The summed E-state index contributed by atoms with van der Waals surface area (Å²) in [6.07, 6.45) is 0.616. The zero-order chi connectivity index (χ0) is 16.9. The molecule has 7 heteroatoms. The third-order valence-electron chi connectivity index (χ3n) is 3.28. The van der Waals surface area contributed by atoms with Gasteiger partial charge >= 0.3 is 0 Å². The highest BCUT2D eigenvalue weighted by Gasteiger charge is 2.20. The number of rotatable bonds is 7. The zero-order valence-electron chi connectivity index (χ0n) is 12.9. The van der Waals surface area contributed by atoms with E-state index in [0.717, 1.165) is 5.56 Å². The van der Waals surface area contributed by atoms with Crippen LogP contribution in [0, 0.1) is 0 Å². The van der Waals surface area contributed by atoms with Crippen LogP contribution >= 0.6 is 15.9 Å². The molecule has 0 radical (unpaired) electrons. The van der Waals surface area contributed by atoms with Gasteiger partial charge in [0.2, 0.25) is 10.0 Å². The molecular weight excluding hydrogens is 382 g/mol. The number of benzene rings is 2. The Bertz CT molecular complexity index is 763. The summed E-state index contributed by atoms with van der Waals surface area (Å²) < 4.78 is 38.3. The van der Waals surface area contributed by atoms with Crippen LogP contribution in [0.25, 0.3) is 0 Å². The van der Waals surface area contributed by atoms with Gasteiger partial charge in [-0.05, 0) is 34.0 Å². The van der Waals surface area contributed by atoms with Gasteiger partial charge in [-0.2, -0.15) is 0 Å². The molecule has 0 aromatic heterocycles. The van der Waals surface area contributed by atoms with Crippen molar-refractivity contribution in [2.75, 3.05) is 20.8 Å².